The van der Waals surface area contributed by atoms with Gasteiger partial charge in [-0.25, -0.2) is 4.39 Å². The van der Waals surface area contributed by atoms with Gasteiger partial charge in [-0.1, -0.05) is 22.0 Å². The van der Waals surface area contributed by atoms with Crippen LogP contribution in [0, 0.1) is 11.2 Å². The van der Waals surface area contributed by atoms with Gasteiger partial charge in [0.25, 0.3) is 0 Å². The van der Waals surface area contributed by atoms with Crippen LogP contribution in [-0.4, -0.2) is 17.0 Å². The molecule has 17 heavy (non-hydrogen) atoms. The second kappa shape index (κ2) is 4.83. The Morgan fingerprint density at radius 2 is 2.12 bits per heavy atom. The third-order valence-corrected chi connectivity index (χ3v) is 3.07. The largest absolute Gasteiger partial charge is 0.480 e. The van der Waals surface area contributed by atoms with Crippen LogP contribution in [0.1, 0.15) is 12.5 Å². The summed E-state index contributed by atoms with van der Waals surface area (Å²) in [6, 6.07) is 4.20. The molecule has 1 aromatic carbocycles. The number of amides is 1. The van der Waals surface area contributed by atoms with Gasteiger partial charge in [0.15, 0.2) is 0 Å². The fraction of sp³-hybridized carbons (Fsp3) is 0.273. The maximum absolute atomic E-state index is 13.5. The SMILES string of the molecule is CC(Cc1ccc(Br)cc1F)(C(N)=O)C(=O)O. The lowest BCUT2D eigenvalue weighted by atomic mass is 9.83. The highest BCUT2D eigenvalue weighted by atomic mass is 79.9. The predicted molar refractivity (Wildman–Crippen MR) is 62.7 cm³/mol. The van der Waals surface area contributed by atoms with E-state index in [9.17, 15) is 14.0 Å². The van der Waals surface area contributed by atoms with Crippen molar-refractivity contribution in [3.8, 4) is 0 Å². The lowest BCUT2D eigenvalue weighted by Crippen LogP contribution is -2.43. The lowest BCUT2D eigenvalue weighted by molar-refractivity contribution is -0.153. The minimum atomic E-state index is -1.81. The summed E-state index contributed by atoms with van der Waals surface area (Å²) in [5, 5.41) is 8.98. The molecule has 1 amide bonds. The third-order valence-electron chi connectivity index (χ3n) is 2.57. The monoisotopic (exact) mass is 303 g/mol. The van der Waals surface area contributed by atoms with Crippen LogP contribution in [0.5, 0.6) is 0 Å². The summed E-state index contributed by atoms with van der Waals surface area (Å²) < 4.78 is 14.1. The molecule has 0 aliphatic heterocycles. The first-order chi connectivity index (χ1) is 7.77. The van der Waals surface area contributed by atoms with Crippen LogP contribution < -0.4 is 5.73 Å². The van der Waals surface area contributed by atoms with Gasteiger partial charge in [-0.05, 0) is 24.6 Å². The number of halogens is 2. The second-order valence-corrected chi connectivity index (χ2v) is 4.83. The number of rotatable bonds is 4. The fourth-order valence-electron chi connectivity index (χ4n) is 1.31. The van der Waals surface area contributed by atoms with Gasteiger partial charge < -0.3 is 10.8 Å². The topological polar surface area (TPSA) is 80.4 Å². The first-order valence-electron chi connectivity index (χ1n) is 4.74. The van der Waals surface area contributed by atoms with Gasteiger partial charge in [0, 0.05) is 10.9 Å². The minimum Gasteiger partial charge on any atom is -0.480 e. The quantitative estimate of drug-likeness (QED) is 0.831. The number of hydrogen-bond donors (Lipinski definition) is 2. The highest BCUT2D eigenvalue weighted by Crippen LogP contribution is 2.25. The Morgan fingerprint density at radius 3 is 2.53 bits per heavy atom. The van der Waals surface area contributed by atoms with Gasteiger partial charge in [-0.2, -0.15) is 0 Å². The first kappa shape index (κ1) is 13.6. The van der Waals surface area contributed by atoms with Crippen molar-refractivity contribution < 1.29 is 19.1 Å². The van der Waals surface area contributed by atoms with E-state index < -0.39 is 23.1 Å². The normalized spacial score (nSPS) is 14.1. The summed E-state index contributed by atoms with van der Waals surface area (Å²) in [6.07, 6.45) is -0.281. The van der Waals surface area contributed by atoms with Crippen molar-refractivity contribution in [2.24, 2.45) is 11.1 Å². The number of nitrogens with two attached hydrogens (primary N) is 1. The summed E-state index contributed by atoms with van der Waals surface area (Å²) in [5.74, 6) is -2.94. The van der Waals surface area contributed by atoms with Gasteiger partial charge in [-0.15, -0.1) is 0 Å². The van der Waals surface area contributed by atoms with E-state index in [1.165, 1.54) is 19.1 Å². The molecule has 0 bridgehead atoms. The van der Waals surface area contributed by atoms with E-state index in [2.05, 4.69) is 15.9 Å². The Morgan fingerprint density at radius 1 is 1.53 bits per heavy atom. The fourth-order valence-corrected chi connectivity index (χ4v) is 1.65. The van der Waals surface area contributed by atoms with Crippen molar-refractivity contribution in [1.82, 2.24) is 0 Å². The Bertz CT molecular complexity index is 462. The van der Waals surface area contributed by atoms with E-state index in [1.807, 2.05) is 0 Å². The Balaban J connectivity index is 3.11. The van der Waals surface area contributed by atoms with E-state index in [4.69, 9.17) is 10.8 Å². The van der Waals surface area contributed by atoms with Crippen LogP contribution in [0.15, 0.2) is 22.7 Å². The number of carboxylic acids is 1. The molecule has 0 fully saturated rings. The number of carboxylic acid groups (broad SMARTS) is 1. The van der Waals surface area contributed by atoms with E-state index in [1.54, 1.807) is 6.07 Å². The smallest absolute Gasteiger partial charge is 0.319 e. The van der Waals surface area contributed by atoms with Crippen LogP contribution in [-0.2, 0) is 16.0 Å². The molecule has 0 heterocycles. The number of carbonyl (C=O) groups is 2. The average molecular weight is 304 g/mol. The number of primary amides is 1. The highest BCUT2D eigenvalue weighted by molar-refractivity contribution is 9.10. The van der Waals surface area contributed by atoms with Gasteiger partial charge in [0.1, 0.15) is 11.2 Å². The predicted octanol–water partition coefficient (Wildman–Crippen LogP) is 1.71. The summed E-state index contributed by atoms with van der Waals surface area (Å²) in [5.41, 5.74) is 3.37. The second-order valence-electron chi connectivity index (χ2n) is 3.91. The van der Waals surface area contributed by atoms with E-state index in [0.717, 1.165) is 0 Å². The standard InChI is InChI=1S/C11H11BrFNO3/c1-11(9(14)15,10(16)17)5-6-2-3-7(12)4-8(6)13/h2-4H,5H2,1H3,(H2,14,15)(H,16,17). The van der Waals surface area contributed by atoms with Gasteiger partial charge in [-0.3, -0.25) is 9.59 Å². The van der Waals surface area contributed by atoms with Gasteiger partial charge in [0.2, 0.25) is 5.91 Å². The van der Waals surface area contributed by atoms with Crippen LogP contribution in [0.4, 0.5) is 4.39 Å². The molecule has 0 saturated heterocycles. The zero-order chi connectivity index (χ0) is 13.2. The van der Waals surface area contributed by atoms with Crippen molar-refractivity contribution in [2.75, 3.05) is 0 Å². The number of hydrogen-bond acceptors (Lipinski definition) is 2. The maximum Gasteiger partial charge on any atom is 0.319 e. The molecule has 0 aliphatic carbocycles. The number of carbonyl (C=O) groups excluding carboxylic acids is 1. The molecule has 0 saturated carbocycles. The number of aliphatic carboxylic acids is 1. The summed E-state index contributed by atoms with van der Waals surface area (Å²) in [4.78, 5) is 22.2. The molecule has 0 radical (unpaired) electrons. The molecule has 1 atom stereocenters. The van der Waals surface area contributed by atoms with Crippen LogP contribution >= 0.6 is 15.9 Å². The third kappa shape index (κ3) is 2.82. The van der Waals surface area contributed by atoms with E-state index >= 15 is 0 Å². The first-order valence-corrected chi connectivity index (χ1v) is 5.54. The van der Waals surface area contributed by atoms with Crippen molar-refractivity contribution in [3.05, 3.63) is 34.1 Å². The Hall–Kier alpha value is -1.43. The molecule has 1 rings (SSSR count). The zero-order valence-corrected chi connectivity index (χ0v) is 10.6. The van der Waals surface area contributed by atoms with Crippen molar-refractivity contribution in [1.29, 1.82) is 0 Å². The Kier molecular flexibility index (Phi) is 3.87. The molecule has 1 aromatic rings. The summed E-state index contributed by atoms with van der Waals surface area (Å²) in [6.45, 7) is 1.18. The average Bonchev–Trinajstić information content (AvgIpc) is 2.21. The molecular weight excluding hydrogens is 293 g/mol. The molecule has 1 unspecified atom stereocenters. The zero-order valence-electron chi connectivity index (χ0n) is 9.04. The molecule has 92 valence electrons. The van der Waals surface area contributed by atoms with Gasteiger partial charge >= 0.3 is 5.97 Å². The van der Waals surface area contributed by atoms with Crippen molar-refractivity contribution >= 4 is 27.8 Å². The molecule has 3 N–H and O–H groups in total. The number of benzene rings is 1. The lowest BCUT2D eigenvalue weighted by Gasteiger charge is -2.21. The van der Waals surface area contributed by atoms with E-state index in [-0.39, 0.29) is 12.0 Å². The van der Waals surface area contributed by atoms with Gasteiger partial charge in [0.05, 0.1) is 0 Å². The maximum atomic E-state index is 13.5. The van der Waals surface area contributed by atoms with Crippen molar-refractivity contribution in [2.45, 2.75) is 13.3 Å². The van der Waals surface area contributed by atoms with E-state index in [0.29, 0.717) is 4.47 Å². The van der Waals surface area contributed by atoms with Crippen LogP contribution in [0.2, 0.25) is 0 Å². The molecule has 4 nitrogen and oxygen atoms in total. The molecule has 0 spiro atoms. The van der Waals surface area contributed by atoms with Crippen LogP contribution in [0.25, 0.3) is 0 Å². The summed E-state index contributed by atoms with van der Waals surface area (Å²) >= 11 is 3.09. The summed E-state index contributed by atoms with van der Waals surface area (Å²) in [7, 11) is 0. The van der Waals surface area contributed by atoms with Crippen molar-refractivity contribution in [3.63, 3.8) is 0 Å². The van der Waals surface area contributed by atoms with Crippen LogP contribution in [0.3, 0.4) is 0 Å². The molecular formula is C11H11BrFNO3. The molecule has 0 aliphatic rings. The molecule has 0 aromatic heterocycles. The highest BCUT2D eigenvalue weighted by Gasteiger charge is 2.40. The Labute approximate surface area is 106 Å². The minimum absolute atomic E-state index is 0.136. The molecule has 6 heteroatoms.